The molecule has 0 spiro atoms. The van der Waals surface area contributed by atoms with Gasteiger partial charge in [-0.25, -0.2) is 4.98 Å². The number of hydrogen-bond acceptors (Lipinski definition) is 8. The van der Waals surface area contributed by atoms with Gasteiger partial charge in [-0.2, -0.15) is 0 Å². The lowest BCUT2D eigenvalue weighted by molar-refractivity contribution is 0.124. The molecule has 1 unspecified atom stereocenters. The fraction of sp³-hybridized carbons (Fsp3) is 0.526. The molecular weight excluding hydrogens is 342 g/mol. The van der Waals surface area contributed by atoms with Crippen molar-refractivity contribution in [2.75, 3.05) is 39.0 Å². The fourth-order valence-corrected chi connectivity index (χ4v) is 3.04. The van der Waals surface area contributed by atoms with Crippen LogP contribution in [0.1, 0.15) is 26.3 Å². The Labute approximate surface area is 160 Å². The number of nitrogens with two attached hydrogens (primary N) is 1. The highest BCUT2D eigenvalue weighted by Gasteiger charge is 2.24. The third-order valence-electron chi connectivity index (χ3n) is 4.53. The van der Waals surface area contributed by atoms with Crippen molar-refractivity contribution in [2.45, 2.75) is 32.5 Å². The van der Waals surface area contributed by atoms with E-state index in [9.17, 15) is 0 Å². The van der Waals surface area contributed by atoms with Crippen LogP contribution in [0.5, 0.6) is 5.88 Å². The minimum Gasteiger partial charge on any atom is -0.472 e. The van der Waals surface area contributed by atoms with Crippen molar-refractivity contribution in [1.29, 1.82) is 5.41 Å². The van der Waals surface area contributed by atoms with Crippen molar-refractivity contribution < 1.29 is 4.74 Å². The summed E-state index contributed by atoms with van der Waals surface area (Å²) in [5.74, 6) is 0.456. The van der Waals surface area contributed by atoms with Gasteiger partial charge >= 0.3 is 0 Å². The molecule has 146 valence electrons. The third kappa shape index (κ3) is 4.84. The Morgan fingerprint density at radius 1 is 1.30 bits per heavy atom. The summed E-state index contributed by atoms with van der Waals surface area (Å²) >= 11 is 0. The summed E-state index contributed by atoms with van der Waals surface area (Å²) in [6.07, 6.45) is 5.12. The second-order valence-corrected chi connectivity index (χ2v) is 7.95. The molecule has 0 amide bonds. The first-order valence-electron chi connectivity index (χ1n) is 9.19. The maximum atomic E-state index is 8.65. The van der Waals surface area contributed by atoms with E-state index in [0.29, 0.717) is 28.5 Å². The smallest absolute Gasteiger partial charge is 0.214 e. The summed E-state index contributed by atoms with van der Waals surface area (Å²) < 4.78 is 5.82. The Hall–Kier alpha value is -2.45. The first-order chi connectivity index (χ1) is 12.7. The normalized spacial score (nSPS) is 21.5. The number of aliphatic imine (C=N–C) groups is 1. The molecule has 1 aromatic heterocycles. The van der Waals surface area contributed by atoms with Crippen molar-refractivity contribution in [2.24, 2.45) is 4.99 Å². The number of aromatic nitrogens is 1. The molecule has 1 fully saturated rings. The summed E-state index contributed by atoms with van der Waals surface area (Å²) in [5.41, 5.74) is 7.75. The van der Waals surface area contributed by atoms with E-state index < -0.39 is 0 Å². The standard InChI is InChI=1S/C19H29N7O/c1-19(2,3)27-17-9-13(14(20)11-22-17)18(21)15-10-16(24-12-23-15)26-7-5-25(4)6-8-26/h9-12,16,21H,5-8,20H2,1-4H3,(H,23,24). The SMILES string of the molecule is CN1CCN(C2C=C(C(=N)c3cc(OC(C)(C)C)ncc3N)NC=N2)CC1. The summed E-state index contributed by atoms with van der Waals surface area (Å²) in [6.45, 7) is 9.82. The molecule has 8 nitrogen and oxygen atoms in total. The molecule has 0 aromatic carbocycles. The average Bonchev–Trinajstić information content (AvgIpc) is 2.62. The van der Waals surface area contributed by atoms with Crippen molar-refractivity contribution in [1.82, 2.24) is 20.1 Å². The van der Waals surface area contributed by atoms with Gasteiger partial charge in [0.25, 0.3) is 0 Å². The molecule has 0 saturated carbocycles. The summed E-state index contributed by atoms with van der Waals surface area (Å²) in [5, 5.41) is 11.7. The maximum Gasteiger partial charge on any atom is 0.214 e. The lowest BCUT2D eigenvalue weighted by Crippen LogP contribution is -2.49. The molecular formula is C19H29N7O. The van der Waals surface area contributed by atoms with Crippen LogP contribution in [0.15, 0.2) is 29.0 Å². The molecule has 1 saturated heterocycles. The topological polar surface area (TPSA) is 103 Å². The number of likely N-dealkylation sites (N-methyl/N-ethyl adjacent to an activating group) is 1. The number of rotatable bonds is 4. The first-order valence-corrected chi connectivity index (χ1v) is 9.19. The van der Waals surface area contributed by atoms with Crippen molar-refractivity contribution in [3.05, 3.63) is 29.6 Å². The first kappa shape index (κ1) is 19.3. The summed E-state index contributed by atoms with van der Waals surface area (Å²) in [6, 6.07) is 1.72. The van der Waals surface area contributed by atoms with Gasteiger partial charge in [0, 0.05) is 37.8 Å². The van der Waals surface area contributed by atoms with Crippen molar-refractivity contribution in [3.63, 3.8) is 0 Å². The van der Waals surface area contributed by atoms with Gasteiger partial charge in [-0.1, -0.05) is 0 Å². The maximum absolute atomic E-state index is 8.65. The van der Waals surface area contributed by atoms with Crippen LogP contribution in [0.3, 0.4) is 0 Å². The highest BCUT2D eigenvalue weighted by molar-refractivity contribution is 6.14. The van der Waals surface area contributed by atoms with Crippen molar-refractivity contribution >= 4 is 17.7 Å². The lowest BCUT2D eigenvalue weighted by atomic mass is 10.1. The monoisotopic (exact) mass is 371 g/mol. The molecule has 8 heteroatoms. The number of ether oxygens (including phenoxy) is 1. The minimum atomic E-state index is -0.371. The van der Waals surface area contributed by atoms with Crippen LogP contribution in [-0.2, 0) is 0 Å². The molecule has 3 rings (SSSR count). The van der Waals surface area contributed by atoms with Gasteiger partial charge in [0.1, 0.15) is 11.8 Å². The van der Waals surface area contributed by atoms with E-state index in [-0.39, 0.29) is 11.8 Å². The summed E-state index contributed by atoms with van der Waals surface area (Å²) in [4.78, 5) is 13.4. The van der Waals surface area contributed by atoms with Gasteiger partial charge in [-0.15, -0.1) is 0 Å². The lowest BCUT2D eigenvalue weighted by Gasteiger charge is -2.36. The molecule has 0 radical (unpaired) electrons. The molecule has 2 aliphatic heterocycles. The highest BCUT2D eigenvalue weighted by Crippen LogP contribution is 2.23. The van der Waals surface area contributed by atoms with E-state index in [0.717, 1.165) is 26.2 Å². The molecule has 0 aliphatic carbocycles. The van der Waals surface area contributed by atoms with E-state index >= 15 is 0 Å². The zero-order valence-electron chi connectivity index (χ0n) is 16.5. The second-order valence-electron chi connectivity index (χ2n) is 7.95. The fourth-order valence-electron chi connectivity index (χ4n) is 3.04. The van der Waals surface area contributed by atoms with Crippen LogP contribution >= 0.6 is 0 Å². The zero-order chi connectivity index (χ0) is 19.6. The van der Waals surface area contributed by atoms with E-state index in [1.54, 1.807) is 18.6 Å². The molecule has 27 heavy (non-hydrogen) atoms. The Kier molecular flexibility index (Phi) is 5.48. The number of nitrogen functional groups attached to an aromatic ring is 1. The van der Waals surface area contributed by atoms with E-state index in [1.807, 2.05) is 26.8 Å². The van der Waals surface area contributed by atoms with Gasteiger partial charge in [0.15, 0.2) is 0 Å². The zero-order valence-corrected chi connectivity index (χ0v) is 16.5. The minimum absolute atomic E-state index is 0.0661. The van der Waals surface area contributed by atoms with E-state index in [4.69, 9.17) is 15.9 Å². The van der Waals surface area contributed by atoms with Crippen LogP contribution in [0.2, 0.25) is 0 Å². The average molecular weight is 371 g/mol. The molecule has 2 aliphatic rings. The van der Waals surface area contributed by atoms with Gasteiger partial charge in [0.05, 0.1) is 29.6 Å². The highest BCUT2D eigenvalue weighted by atomic mass is 16.5. The van der Waals surface area contributed by atoms with E-state index in [1.165, 1.54) is 0 Å². The third-order valence-corrected chi connectivity index (χ3v) is 4.53. The van der Waals surface area contributed by atoms with E-state index in [2.05, 4.69) is 32.1 Å². The largest absolute Gasteiger partial charge is 0.472 e. The Morgan fingerprint density at radius 3 is 2.67 bits per heavy atom. The number of nitrogens with zero attached hydrogens (tertiary/aromatic N) is 4. The second kappa shape index (κ2) is 7.66. The predicted octanol–water partition coefficient (Wildman–Crippen LogP) is 1.30. The number of pyridine rings is 1. The van der Waals surface area contributed by atoms with Crippen LogP contribution in [-0.4, -0.2) is 71.8 Å². The summed E-state index contributed by atoms with van der Waals surface area (Å²) in [7, 11) is 2.13. The van der Waals surface area contributed by atoms with Crippen LogP contribution in [0.25, 0.3) is 0 Å². The van der Waals surface area contributed by atoms with Crippen LogP contribution < -0.4 is 15.8 Å². The molecule has 4 N–H and O–H groups in total. The number of hydrogen-bond donors (Lipinski definition) is 3. The Balaban J connectivity index is 1.79. The van der Waals surface area contributed by atoms with Gasteiger partial charge in [-0.3, -0.25) is 15.3 Å². The molecule has 1 aromatic rings. The molecule has 0 bridgehead atoms. The van der Waals surface area contributed by atoms with Gasteiger partial charge in [-0.05, 0) is 33.9 Å². The van der Waals surface area contributed by atoms with Gasteiger partial charge in [0.2, 0.25) is 5.88 Å². The number of nitrogens with one attached hydrogen (secondary N) is 2. The molecule has 3 heterocycles. The quantitative estimate of drug-likeness (QED) is 0.690. The number of piperazine rings is 1. The van der Waals surface area contributed by atoms with Crippen LogP contribution in [0.4, 0.5) is 5.69 Å². The Bertz CT molecular complexity index is 758. The Morgan fingerprint density at radius 2 is 2.00 bits per heavy atom. The number of allylic oxidation sites excluding steroid dienone is 1. The predicted molar refractivity (Wildman–Crippen MR) is 108 cm³/mol. The van der Waals surface area contributed by atoms with Crippen molar-refractivity contribution in [3.8, 4) is 5.88 Å². The molecule has 1 atom stereocenters. The van der Waals surface area contributed by atoms with Gasteiger partial charge < -0.3 is 20.7 Å². The van der Waals surface area contributed by atoms with Crippen LogP contribution in [0, 0.1) is 5.41 Å². The number of anilines is 1.